The third kappa shape index (κ3) is 3.92. The Bertz CT molecular complexity index is 428. The molecule has 1 amide bonds. The van der Waals surface area contributed by atoms with Gasteiger partial charge in [0.05, 0.1) is 12.1 Å². The van der Waals surface area contributed by atoms with Crippen LogP contribution in [0.5, 0.6) is 5.88 Å². The van der Waals surface area contributed by atoms with Crippen LogP contribution in [0.15, 0.2) is 18.3 Å². The lowest BCUT2D eigenvalue weighted by Gasteiger charge is -2.14. The second-order valence-electron chi connectivity index (χ2n) is 5.00. The topological polar surface area (TPSA) is 63.2 Å². The summed E-state index contributed by atoms with van der Waals surface area (Å²) in [5.74, 6) is 0.647. The summed E-state index contributed by atoms with van der Waals surface area (Å²) in [5.41, 5.74) is 0.905. The number of carbonyl (C=O) groups excluding carboxylic acids is 1. The molecule has 2 rings (SSSR count). The summed E-state index contributed by atoms with van der Waals surface area (Å²) in [6.07, 6.45) is 3.74. The van der Waals surface area contributed by atoms with Gasteiger partial charge in [-0.2, -0.15) is 0 Å². The highest BCUT2D eigenvalue weighted by Crippen LogP contribution is 2.15. The molecule has 0 aromatic carbocycles. The number of rotatable bonds is 5. The lowest BCUT2D eigenvalue weighted by Crippen LogP contribution is -2.40. The van der Waals surface area contributed by atoms with Crippen molar-refractivity contribution in [3.63, 3.8) is 0 Å². The van der Waals surface area contributed by atoms with Gasteiger partial charge in [-0.15, -0.1) is 0 Å². The first-order chi connectivity index (χ1) is 9.16. The predicted molar refractivity (Wildman–Crippen MR) is 72.9 cm³/mol. The fourth-order valence-corrected chi connectivity index (χ4v) is 2.10. The molecule has 1 aliphatic heterocycles. The van der Waals surface area contributed by atoms with Gasteiger partial charge < -0.3 is 15.4 Å². The standard InChI is InChI=1S/C14H21N3O2/c1-10(2)19-14-11(5-3-8-16-14)9-17-13(18)12-6-4-7-15-12/h3,5,8,10,12,15H,4,6-7,9H2,1-2H3,(H,17,18)/t12-/m0/s1. The summed E-state index contributed by atoms with van der Waals surface area (Å²) >= 11 is 0. The first-order valence-corrected chi connectivity index (χ1v) is 6.78. The SMILES string of the molecule is CC(C)Oc1ncccc1CNC(=O)[C@@H]1CCCN1. The molecule has 1 aliphatic rings. The maximum atomic E-state index is 11.9. The van der Waals surface area contributed by atoms with Crippen LogP contribution in [0.4, 0.5) is 0 Å². The zero-order chi connectivity index (χ0) is 13.7. The fourth-order valence-electron chi connectivity index (χ4n) is 2.10. The smallest absolute Gasteiger partial charge is 0.237 e. The zero-order valence-electron chi connectivity index (χ0n) is 11.5. The quantitative estimate of drug-likeness (QED) is 0.839. The molecular weight excluding hydrogens is 242 g/mol. The van der Waals surface area contributed by atoms with Gasteiger partial charge in [0.25, 0.3) is 0 Å². The van der Waals surface area contributed by atoms with Crippen LogP contribution in [0.2, 0.25) is 0 Å². The highest BCUT2D eigenvalue weighted by molar-refractivity contribution is 5.82. The summed E-state index contributed by atoms with van der Waals surface area (Å²) in [6.45, 7) is 5.29. The number of carbonyl (C=O) groups is 1. The number of nitrogens with one attached hydrogen (secondary N) is 2. The van der Waals surface area contributed by atoms with E-state index in [1.165, 1.54) is 0 Å². The second-order valence-corrected chi connectivity index (χ2v) is 5.00. The minimum absolute atomic E-state index is 0.0499. The molecule has 5 nitrogen and oxygen atoms in total. The highest BCUT2D eigenvalue weighted by atomic mass is 16.5. The number of aromatic nitrogens is 1. The molecule has 1 atom stereocenters. The van der Waals surface area contributed by atoms with E-state index in [1.807, 2.05) is 26.0 Å². The van der Waals surface area contributed by atoms with E-state index in [-0.39, 0.29) is 18.1 Å². The number of ether oxygens (including phenoxy) is 1. The van der Waals surface area contributed by atoms with E-state index in [0.29, 0.717) is 12.4 Å². The summed E-state index contributed by atoms with van der Waals surface area (Å²) in [7, 11) is 0. The van der Waals surface area contributed by atoms with Gasteiger partial charge in [0.15, 0.2) is 0 Å². The van der Waals surface area contributed by atoms with E-state index in [9.17, 15) is 4.79 Å². The Balaban J connectivity index is 1.93. The molecule has 1 fully saturated rings. The van der Waals surface area contributed by atoms with Crippen LogP contribution in [0.25, 0.3) is 0 Å². The minimum atomic E-state index is -0.0499. The molecule has 0 spiro atoms. The molecule has 1 aromatic rings. The third-order valence-electron chi connectivity index (χ3n) is 3.03. The van der Waals surface area contributed by atoms with Gasteiger partial charge in [0.2, 0.25) is 11.8 Å². The van der Waals surface area contributed by atoms with Crippen LogP contribution >= 0.6 is 0 Å². The monoisotopic (exact) mass is 263 g/mol. The molecule has 5 heteroatoms. The van der Waals surface area contributed by atoms with Crippen molar-refractivity contribution in [1.82, 2.24) is 15.6 Å². The van der Waals surface area contributed by atoms with Gasteiger partial charge in [-0.3, -0.25) is 4.79 Å². The third-order valence-corrected chi connectivity index (χ3v) is 3.03. The van der Waals surface area contributed by atoms with Crippen LogP contribution in [0, 0.1) is 0 Å². The average molecular weight is 263 g/mol. The van der Waals surface area contributed by atoms with E-state index >= 15 is 0 Å². The molecule has 0 unspecified atom stereocenters. The molecule has 2 N–H and O–H groups in total. The van der Waals surface area contributed by atoms with Gasteiger partial charge >= 0.3 is 0 Å². The lowest BCUT2D eigenvalue weighted by atomic mass is 10.2. The number of hydrogen-bond acceptors (Lipinski definition) is 4. The van der Waals surface area contributed by atoms with Crippen molar-refractivity contribution >= 4 is 5.91 Å². The van der Waals surface area contributed by atoms with Crippen LogP contribution in [-0.2, 0) is 11.3 Å². The molecule has 0 saturated carbocycles. The Labute approximate surface area is 113 Å². The van der Waals surface area contributed by atoms with Crippen molar-refractivity contribution in [2.24, 2.45) is 0 Å². The number of nitrogens with zero attached hydrogens (tertiary/aromatic N) is 1. The summed E-state index contributed by atoms with van der Waals surface area (Å²) in [6, 6.07) is 3.72. The summed E-state index contributed by atoms with van der Waals surface area (Å²) in [5, 5.41) is 6.11. The molecule has 1 aromatic heterocycles. The van der Waals surface area contributed by atoms with Crippen LogP contribution < -0.4 is 15.4 Å². The second kappa shape index (κ2) is 6.52. The van der Waals surface area contributed by atoms with Crippen molar-refractivity contribution in [3.8, 4) is 5.88 Å². The van der Waals surface area contributed by atoms with Crippen molar-refractivity contribution in [2.45, 2.75) is 45.4 Å². The molecule has 2 heterocycles. The zero-order valence-corrected chi connectivity index (χ0v) is 11.5. The summed E-state index contributed by atoms with van der Waals surface area (Å²) < 4.78 is 5.63. The van der Waals surface area contributed by atoms with Crippen molar-refractivity contribution in [3.05, 3.63) is 23.9 Å². The Morgan fingerprint density at radius 3 is 3.16 bits per heavy atom. The van der Waals surface area contributed by atoms with Crippen molar-refractivity contribution < 1.29 is 9.53 Å². The van der Waals surface area contributed by atoms with Crippen LogP contribution in [-0.4, -0.2) is 29.6 Å². The largest absolute Gasteiger partial charge is 0.475 e. The molecule has 0 bridgehead atoms. The Morgan fingerprint density at radius 1 is 1.63 bits per heavy atom. The number of pyridine rings is 1. The van der Waals surface area contributed by atoms with Gasteiger partial charge in [0.1, 0.15) is 0 Å². The van der Waals surface area contributed by atoms with Gasteiger partial charge in [-0.1, -0.05) is 6.07 Å². The van der Waals surface area contributed by atoms with E-state index in [0.717, 1.165) is 24.9 Å². The van der Waals surface area contributed by atoms with E-state index in [1.54, 1.807) is 6.20 Å². The van der Waals surface area contributed by atoms with Crippen LogP contribution in [0.3, 0.4) is 0 Å². The lowest BCUT2D eigenvalue weighted by molar-refractivity contribution is -0.122. The maximum Gasteiger partial charge on any atom is 0.237 e. The van der Waals surface area contributed by atoms with E-state index in [4.69, 9.17) is 4.74 Å². The molecular formula is C14H21N3O2. The number of amides is 1. The molecule has 0 radical (unpaired) electrons. The molecule has 104 valence electrons. The first kappa shape index (κ1) is 13.8. The summed E-state index contributed by atoms with van der Waals surface area (Å²) in [4.78, 5) is 16.1. The first-order valence-electron chi connectivity index (χ1n) is 6.78. The van der Waals surface area contributed by atoms with Gasteiger partial charge in [-0.25, -0.2) is 4.98 Å². The maximum absolute atomic E-state index is 11.9. The Morgan fingerprint density at radius 2 is 2.47 bits per heavy atom. The van der Waals surface area contributed by atoms with Crippen molar-refractivity contribution in [1.29, 1.82) is 0 Å². The Hall–Kier alpha value is -1.62. The van der Waals surface area contributed by atoms with E-state index < -0.39 is 0 Å². The van der Waals surface area contributed by atoms with Crippen molar-refractivity contribution in [2.75, 3.05) is 6.54 Å². The van der Waals surface area contributed by atoms with Gasteiger partial charge in [-0.05, 0) is 39.3 Å². The molecule has 19 heavy (non-hydrogen) atoms. The highest BCUT2D eigenvalue weighted by Gasteiger charge is 2.21. The normalized spacial score (nSPS) is 18.6. The predicted octanol–water partition coefficient (Wildman–Crippen LogP) is 1.24. The fraction of sp³-hybridized carbons (Fsp3) is 0.571. The molecule has 1 saturated heterocycles. The molecule has 0 aliphatic carbocycles. The minimum Gasteiger partial charge on any atom is -0.475 e. The number of hydrogen-bond donors (Lipinski definition) is 2. The van der Waals surface area contributed by atoms with E-state index in [2.05, 4.69) is 15.6 Å². The van der Waals surface area contributed by atoms with Gasteiger partial charge in [0, 0.05) is 18.3 Å². The van der Waals surface area contributed by atoms with Crippen LogP contribution in [0.1, 0.15) is 32.3 Å². The average Bonchev–Trinajstić information content (AvgIpc) is 2.90. The Kier molecular flexibility index (Phi) is 4.74.